The maximum atomic E-state index is 14.0. The van der Waals surface area contributed by atoms with Crippen molar-refractivity contribution in [3.8, 4) is 5.75 Å². The molecule has 0 aliphatic heterocycles. The predicted molar refractivity (Wildman–Crippen MR) is 142 cm³/mol. The Morgan fingerprint density at radius 2 is 1.82 bits per heavy atom. The maximum Gasteiger partial charge on any atom is 0.255 e. The summed E-state index contributed by atoms with van der Waals surface area (Å²) in [5.74, 6) is -7.50. The summed E-state index contributed by atoms with van der Waals surface area (Å²) in [5, 5.41) is 60.0. The predicted octanol–water partition coefficient (Wildman–Crippen LogP) is -0.251. The van der Waals surface area contributed by atoms with E-state index in [1.54, 1.807) is 32.0 Å². The van der Waals surface area contributed by atoms with Crippen LogP contribution in [0.3, 0.4) is 0 Å². The number of nitrogens with two attached hydrogens (primary N) is 1. The Bertz CT molecular complexity index is 1370. The first-order valence-corrected chi connectivity index (χ1v) is 12.7. The number of nitrogens with one attached hydrogen (secondary N) is 1. The number of hydrogen-bond acceptors (Lipinski definition) is 11. The van der Waals surface area contributed by atoms with Crippen LogP contribution in [0, 0.1) is 5.92 Å². The second-order valence-corrected chi connectivity index (χ2v) is 11.3. The minimum Gasteiger partial charge on any atom is -0.510 e. The normalized spacial score (nSPS) is 28.8. The van der Waals surface area contributed by atoms with Gasteiger partial charge in [-0.15, -0.1) is 0 Å². The molecule has 0 fully saturated rings. The number of Topliss-reactive ketones (excluding diaryl/α,β-unsaturated/α-hetero) is 2. The molecule has 8 N–H and O–H groups in total. The fraction of sp³-hybridized carbons (Fsp3) is 0.519. The lowest BCUT2D eigenvalue weighted by Crippen LogP contribution is -2.66. The molecule has 40 heavy (non-hydrogen) atoms. The Morgan fingerprint density at radius 3 is 2.35 bits per heavy atom. The number of benzene rings is 1. The van der Waals surface area contributed by atoms with Crippen LogP contribution in [0.2, 0.25) is 0 Å². The number of fused-ring (bicyclic) bond motifs is 3. The van der Waals surface area contributed by atoms with Gasteiger partial charge in [0.05, 0.1) is 17.2 Å². The van der Waals surface area contributed by atoms with Gasteiger partial charge in [-0.05, 0) is 39.1 Å². The highest BCUT2D eigenvalue weighted by Crippen LogP contribution is 2.55. The summed E-state index contributed by atoms with van der Waals surface area (Å²) >= 11 is 0. The molecule has 0 saturated carbocycles. The maximum absolute atomic E-state index is 14.0. The van der Waals surface area contributed by atoms with Crippen molar-refractivity contribution in [3.05, 3.63) is 45.4 Å². The van der Waals surface area contributed by atoms with E-state index in [4.69, 9.17) is 5.73 Å². The highest BCUT2D eigenvalue weighted by molar-refractivity contribution is 6.25. The van der Waals surface area contributed by atoms with Gasteiger partial charge in [0.2, 0.25) is 5.78 Å². The lowest BCUT2D eigenvalue weighted by molar-refractivity contribution is -0.153. The van der Waals surface area contributed by atoms with Crippen molar-refractivity contribution >= 4 is 23.2 Å². The number of aromatic hydroxyl groups is 1. The summed E-state index contributed by atoms with van der Waals surface area (Å²) in [6.45, 7) is 0.928. The number of carbonyl (C=O) groups excluding carboxylic acids is 3. The molecular formula is C27H35FN4O8. The second kappa shape index (κ2) is 9.84. The minimum atomic E-state index is -2.88. The molecule has 218 valence electrons. The summed E-state index contributed by atoms with van der Waals surface area (Å²) in [4.78, 5) is 42.6. The zero-order chi connectivity index (χ0) is 30.1. The molecule has 0 aromatic heterocycles. The lowest BCUT2D eigenvalue weighted by Gasteiger charge is -2.52. The van der Waals surface area contributed by atoms with Gasteiger partial charge < -0.3 is 41.5 Å². The molecule has 12 nitrogen and oxygen atoms in total. The number of aliphatic hydroxyl groups is 4. The molecule has 0 bridgehead atoms. The Kier molecular flexibility index (Phi) is 7.25. The van der Waals surface area contributed by atoms with Gasteiger partial charge >= 0.3 is 0 Å². The molecule has 0 radical (unpaired) electrons. The van der Waals surface area contributed by atoms with E-state index in [0.717, 1.165) is 0 Å². The van der Waals surface area contributed by atoms with E-state index >= 15 is 0 Å². The Morgan fingerprint density at radius 1 is 1.20 bits per heavy atom. The number of ketones is 2. The SMILES string of the molecule is CC(CF)NCc1cc(N(C)C)c2c(c1O)C(=O)C1=C(O)[C@]3(O)C(=O)C(C(N)=O)=C(O)C(N(C)C)[C@@H]3C[C@]1(O)C2. The molecule has 1 aromatic rings. The van der Waals surface area contributed by atoms with Crippen molar-refractivity contribution in [2.24, 2.45) is 11.7 Å². The van der Waals surface area contributed by atoms with Crippen LogP contribution in [0.25, 0.3) is 0 Å². The van der Waals surface area contributed by atoms with Gasteiger partial charge in [-0.1, -0.05) is 0 Å². The largest absolute Gasteiger partial charge is 0.510 e. The summed E-state index contributed by atoms with van der Waals surface area (Å²) < 4.78 is 13.0. The molecule has 4 rings (SSSR count). The lowest BCUT2D eigenvalue weighted by atomic mass is 9.56. The summed E-state index contributed by atoms with van der Waals surface area (Å²) in [6, 6.07) is -0.167. The number of halogens is 1. The zero-order valence-electron chi connectivity index (χ0n) is 22.9. The third-order valence-corrected chi connectivity index (χ3v) is 8.19. The quantitative estimate of drug-likeness (QED) is 0.216. The van der Waals surface area contributed by atoms with E-state index in [0.29, 0.717) is 5.69 Å². The average Bonchev–Trinajstić information content (AvgIpc) is 2.84. The van der Waals surface area contributed by atoms with Crippen LogP contribution in [0.1, 0.15) is 34.8 Å². The van der Waals surface area contributed by atoms with Crippen molar-refractivity contribution < 1.29 is 44.3 Å². The molecule has 1 amide bonds. The number of primary amides is 1. The topological polar surface area (TPSA) is 197 Å². The van der Waals surface area contributed by atoms with Crippen molar-refractivity contribution in [2.75, 3.05) is 39.8 Å². The smallest absolute Gasteiger partial charge is 0.255 e. The summed E-state index contributed by atoms with van der Waals surface area (Å²) in [6.07, 6.45) is -0.763. The van der Waals surface area contributed by atoms with Crippen LogP contribution in [-0.4, -0.2) is 106 Å². The summed E-state index contributed by atoms with van der Waals surface area (Å²) in [7, 11) is 6.39. The molecular weight excluding hydrogens is 527 g/mol. The van der Waals surface area contributed by atoms with Crippen LogP contribution >= 0.6 is 0 Å². The standard InChI is InChI=1S/C27H35FN4O8/c1-11(9-28)30-10-12-6-15(31(2)3)13-7-26(39)8-14-19(32(4)5)22(35)17(25(29)38)23(36)27(14,40)24(37)18(26)21(34)16(13)20(12)33/h6,11,14,19,30,33,35,37,39-40H,7-10H2,1-5H3,(H2,29,38)/t11?,14-,19?,26+,27+/m0/s1. The number of carbonyl (C=O) groups is 3. The van der Waals surface area contributed by atoms with Gasteiger partial charge in [0.1, 0.15) is 35.1 Å². The molecule has 3 aliphatic rings. The minimum absolute atomic E-state index is 0.00528. The van der Waals surface area contributed by atoms with Crippen molar-refractivity contribution in [1.29, 1.82) is 0 Å². The highest BCUT2D eigenvalue weighted by Gasteiger charge is 2.66. The fourth-order valence-electron chi connectivity index (χ4n) is 6.25. The number of aliphatic hydroxyl groups excluding tert-OH is 2. The van der Waals surface area contributed by atoms with E-state index in [9.17, 15) is 44.3 Å². The van der Waals surface area contributed by atoms with Crippen LogP contribution in [0.15, 0.2) is 28.7 Å². The van der Waals surface area contributed by atoms with Gasteiger partial charge in [0, 0.05) is 50.3 Å². The number of hydrogen-bond donors (Lipinski definition) is 7. The number of alkyl halides is 1. The fourth-order valence-corrected chi connectivity index (χ4v) is 6.25. The highest BCUT2D eigenvalue weighted by atomic mass is 19.1. The molecule has 2 unspecified atom stereocenters. The second-order valence-electron chi connectivity index (χ2n) is 11.3. The Labute approximate surface area is 230 Å². The third-order valence-electron chi connectivity index (χ3n) is 8.19. The van der Waals surface area contributed by atoms with Crippen molar-refractivity contribution in [2.45, 2.75) is 49.6 Å². The van der Waals surface area contributed by atoms with Crippen LogP contribution < -0.4 is 16.0 Å². The molecule has 0 saturated heterocycles. The van der Waals surface area contributed by atoms with Crippen molar-refractivity contribution in [3.63, 3.8) is 0 Å². The first-order valence-electron chi connectivity index (χ1n) is 12.7. The molecule has 0 spiro atoms. The van der Waals surface area contributed by atoms with Gasteiger partial charge in [-0.3, -0.25) is 19.3 Å². The Balaban J connectivity index is 1.98. The molecule has 13 heteroatoms. The number of nitrogens with zero attached hydrogens (tertiary/aromatic N) is 2. The third kappa shape index (κ3) is 4.07. The monoisotopic (exact) mass is 562 g/mol. The first-order chi connectivity index (χ1) is 18.5. The van der Waals surface area contributed by atoms with Crippen LogP contribution in [0.5, 0.6) is 5.75 Å². The van der Waals surface area contributed by atoms with Crippen LogP contribution in [0.4, 0.5) is 10.1 Å². The average molecular weight is 563 g/mol. The van der Waals surface area contributed by atoms with Gasteiger partial charge in [-0.25, -0.2) is 4.39 Å². The van der Waals surface area contributed by atoms with Crippen LogP contribution in [-0.2, 0) is 22.6 Å². The molecule has 1 aromatic carbocycles. The first kappa shape index (κ1) is 29.5. The van der Waals surface area contributed by atoms with E-state index < -0.39 is 88.2 Å². The number of likely N-dealkylation sites (N-methyl/N-ethyl adjacent to an activating group) is 1. The van der Waals surface area contributed by atoms with Gasteiger partial charge in [0.15, 0.2) is 11.4 Å². The van der Waals surface area contributed by atoms with E-state index in [-0.39, 0.29) is 29.7 Å². The Hall–Kier alpha value is -3.52. The van der Waals surface area contributed by atoms with Crippen molar-refractivity contribution in [1.82, 2.24) is 10.2 Å². The van der Waals surface area contributed by atoms with E-state index in [1.807, 2.05) is 0 Å². The zero-order valence-corrected chi connectivity index (χ0v) is 22.9. The number of anilines is 1. The number of phenolic OH excluding ortho intramolecular Hbond substituents is 1. The summed E-state index contributed by atoms with van der Waals surface area (Å²) in [5.41, 5.74) is -0.542. The number of rotatable bonds is 7. The molecule has 5 atom stereocenters. The number of phenols is 1. The van der Waals surface area contributed by atoms with Gasteiger partial charge in [0.25, 0.3) is 5.91 Å². The number of amides is 1. The molecule has 0 heterocycles. The molecule has 3 aliphatic carbocycles. The van der Waals surface area contributed by atoms with Gasteiger partial charge in [-0.2, -0.15) is 0 Å². The van der Waals surface area contributed by atoms with E-state index in [2.05, 4.69) is 5.32 Å². The van der Waals surface area contributed by atoms with E-state index in [1.165, 1.54) is 19.0 Å².